The lowest BCUT2D eigenvalue weighted by Crippen LogP contribution is -2.44. The maximum Gasteiger partial charge on any atom is 0.330 e. The molecule has 9 heteroatoms. The van der Waals surface area contributed by atoms with Crippen molar-refractivity contribution in [3.8, 4) is 22.6 Å². The van der Waals surface area contributed by atoms with Crippen LogP contribution in [0.25, 0.3) is 11.1 Å². The Kier molecular flexibility index (Phi) is 6.34. The molecule has 0 unspecified atom stereocenters. The fourth-order valence-electron chi connectivity index (χ4n) is 4.19. The molecule has 0 saturated heterocycles. The molecule has 1 fully saturated rings. The van der Waals surface area contributed by atoms with Crippen molar-refractivity contribution in [3.63, 3.8) is 0 Å². The number of rotatable bonds is 7. The van der Waals surface area contributed by atoms with E-state index in [0.717, 1.165) is 16.7 Å². The molecule has 4 N–H and O–H groups in total. The van der Waals surface area contributed by atoms with Crippen molar-refractivity contribution in [3.05, 3.63) is 75.8 Å². The number of hydrogen-bond acceptors (Lipinski definition) is 5. The molecule has 34 heavy (non-hydrogen) atoms. The number of halogens is 2. The lowest BCUT2D eigenvalue weighted by atomic mass is 9.99. The fourth-order valence-corrected chi connectivity index (χ4v) is 4.86. The van der Waals surface area contributed by atoms with Crippen LogP contribution in [0.2, 0.25) is 10.0 Å². The average molecular weight is 501 g/mol. The van der Waals surface area contributed by atoms with Crippen LogP contribution >= 0.6 is 23.2 Å². The Morgan fingerprint density at radius 1 is 1.03 bits per heavy atom. The van der Waals surface area contributed by atoms with Gasteiger partial charge in [0.25, 0.3) is 5.91 Å². The van der Waals surface area contributed by atoms with Crippen LogP contribution in [0.15, 0.2) is 54.6 Å². The lowest BCUT2D eigenvalue weighted by Gasteiger charge is -2.17. The molecule has 176 valence electrons. The van der Waals surface area contributed by atoms with E-state index in [0.29, 0.717) is 17.2 Å². The van der Waals surface area contributed by atoms with Crippen LogP contribution in [0.1, 0.15) is 28.3 Å². The van der Waals surface area contributed by atoms with Crippen LogP contribution in [0.5, 0.6) is 11.5 Å². The van der Waals surface area contributed by atoms with E-state index in [1.165, 1.54) is 12.1 Å². The molecule has 1 saturated carbocycles. The van der Waals surface area contributed by atoms with Gasteiger partial charge in [0.2, 0.25) is 0 Å². The van der Waals surface area contributed by atoms with Gasteiger partial charge < -0.3 is 25.6 Å². The van der Waals surface area contributed by atoms with E-state index in [9.17, 15) is 14.7 Å². The van der Waals surface area contributed by atoms with Gasteiger partial charge in [-0.05, 0) is 41.8 Å². The maximum atomic E-state index is 12.9. The molecule has 0 aliphatic heterocycles. The molecule has 3 aromatic rings. The maximum absolute atomic E-state index is 12.9. The highest BCUT2D eigenvalue weighted by Gasteiger charge is 2.62. The summed E-state index contributed by atoms with van der Waals surface area (Å²) in [6.45, 7) is 0. The summed E-state index contributed by atoms with van der Waals surface area (Å²) in [7, 11) is 3.17. The summed E-state index contributed by atoms with van der Waals surface area (Å²) in [6.07, 6.45) is 0.232. The number of nitrogens with one attached hydrogen (secondary N) is 1. The minimum atomic E-state index is -1.46. The Hall–Kier alpha value is -3.42. The monoisotopic (exact) mass is 500 g/mol. The molecule has 1 aliphatic rings. The lowest BCUT2D eigenvalue weighted by molar-refractivity contribution is -0.140. The van der Waals surface area contributed by atoms with Crippen LogP contribution in [0.4, 0.5) is 5.69 Å². The highest BCUT2D eigenvalue weighted by atomic mass is 35.5. The summed E-state index contributed by atoms with van der Waals surface area (Å²) < 4.78 is 10.9. The molecule has 0 bridgehead atoms. The van der Waals surface area contributed by atoms with E-state index in [-0.39, 0.29) is 22.0 Å². The number of carbonyl (C=O) groups is 2. The predicted molar refractivity (Wildman–Crippen MR) is 131 cm³/mol. The van der Waals surface area contributed by atoms with Crippen molar-refractivity contribution in [2.75, 3.05) is 20.0 Å². The van der Waals surface area contributed by atoms with E-state index in [1.54, 1.807) is 14.2 Å². The first-order valence-corrected chi connectivity index (χ1v) is 11.1. The zero-order chi connectivity index (χ0) is 24.6. The molecule has 3 aromatic carbocycles. The van der Waals surface area contributed by atoms with Crippen molar-refractivity contribution in [1.29, 1.82) is 0 Å². The Balaban J connectivity index is 1.61. The van der Waals surface area contributed by atoms with E-state index in [4.69, 9.17) is 38.4 Å². The molecular formula is C25H22Cl2N2O5. The quantitative estimate of drug-likeness (QED) is 0.393. The molecule has 0 heterocycles. The topological polar surface area (TPSA) is 111 Å². The Morgan fingerprint density at radius 3 is 2.09 bits per heavy atom. The third-order valence-corrected chi connectivity index (χ3v) is 6.60. The zero-order valence-electron chi connectivity index (χ0n) is 18.4. The highest BCUT2D eigenvalue weighted by Crippen LogP contribution is 2.52. The van der Waals surface area contributed by atoms with E-state index < -0.39 is 23.3 Å². The number of nitrogens with two attached hydrogens (primary N) is 1. The standard InChI is InChI=1S/C25H22Cl2N2O5/c1-33-19-4-3-5-20(34-2)21(19)14-8-6-13(7-9-14)16-12-25(16,24(31)32)29-23(30)22-17(26)10-15(28)11-18(22)27/h3-11,16H,12,28H2,1-2H3,(H,29,30)(H,31,32)/t16-,25+/m0/s1. The Labute approximate surface area is 206 Å². The number of carboxylic acid groups (broad SMARTS) is 1. The second-order valence-electron chi connectivity index (χ2n) is 8.01. The fraction of sp³-hybridized carbons (Fsp3) is 0.200. The van der Waals surface area contributed by atoms with Crippen LogP contribution in [0, 0.1) is 0 Å². The van der Waals surface area contributed by atoms with Crippen molar-refractivity contribution in [2.24, 2.45) is 0 Å². The number of aliphatic carboxylic acids is 1. The first kappa shape index (κ1) is 23.7. The first-order valence-electron chi connectivity index (χ1n) is 10.3. The largest absolute Gasteiger partial charge is 0.496 e. The SMILES string of the molecule is COc1cccc(OC)c1-c1ccc([C@@H]2C[C@]2(NC(=O)c2c(Cl)cc(N)cc2Cl)C(=O)O)cc1. The molecule has 1 amide bonds. The van der Waals surface area contributed by atoms with Gasteiger partial charge in [0.05, 0.1) is 35.4 Å². The van der Waals surface area contributed by atoms with Gasteiger partial charge in [0.15, 0.2) is 0 Å². The molecule has 0 spiro atoms. The number of hydrogen-bond donors (Lipinski definition) is 3. The minimum absolute atomic E-state index is 0.0116. The molecule has 2 atom stereocenters. The zero-order valence-corrected chi connectivity index (χ0v) is 19.9. The Morgan fingerprint density at radius 2 is 1.59 bits per heavy atom. The Bertz CT molecular complexity index is 1230. The van der Waals surface area contributed by atoms with Crippen LogP contribution in [0.3, 0.4) is 0 Å². The normalized spacial score (nSPS) is 18.8. The van der Waals surface area contributed by atoms with Crippen LogP contribution in [-0.2, 0) is 4.79 Å². The van der Waals surface area contributed by atoms with Crippen molar-refractivity contribution in [2.45, 2.75) is 17.9 Å². The summed E-state index contributed by atoms with van der Waals surface area (Å²) in [5.74, 6) is -0.918. The minimum Gasteiger partial charge on any atom is -0.496 e. The number of methoxy groups -OCH3 is 2. The third-order valence-electron chi connectivity index (χ3n) is 6.00. The van der Waals surface area contributed by atoms with Crippen LogP contribution in [-0.4, -0.2) is 36.7 Å². The third kappa shape index (κ3) is 4.13. The summed E-state index contributed by atoms with van der Waals surface area (Å²) in [5.41, 5.74) is 6.94. The first-order chi connectivity index (χ1) is 16.2. The van der Waals surface area contributed by atoms with Gasteiger partial charge in [-0.15, -0.1) is 0 Å². The van der Waals surface area contributed by atoms with E-state index >= 15 is 0 Å². The number of nitrogen functional groups attached to an aromatic ring is 1. The second-order valence-corrected chi connectivity index (χ2v) is 8.82. The number of benzene rings is 3. The van der Waals surface area contributed by atoms with Gasteiger partial charge in [-0.1, -0.05) is 53.5 Å². The van der Waals surface area contributed by atoms with Gasteiger partial charge in [-0.2, -0.15) is 0 Å². The average Bonchev–Trinajstić information content (AvgIpc) is 3.53. The molecule has 4 rings (SSSR count). The summed E-state index contributed by atoms with van der Waals surface area (Å²) in [4.78, 5) is 25.1. The summed E-state index contributed by atoms with van der Waals surface area (Å²) in [5, 5.41) is 12.7. The molecule has 0 radical (unpaired) electrons. The molecule has 0 aromatic heterocycles. The smallest absolute Gasteiger partial charge is 0.330 e. The molecule has 1 aliphatic carbocycles. The number of ether oxygens (including phenoxy) is 2. The number of carbonyl (C=O) groups excluding carboxylic acids is 1. The van der Waals surface area contributed by atoms with Crippen molar-refractivity contribution < 1.29 is 24.2 Å². The van der Waals surface area contributed by atoms with E-state index in [1.807, 2.05) is 42.5 Å². The van der Waals surface area contributed by atoms with Crippen molar-refractivity contribution >= 4 is 40.8 Å². The molecule has 7 nitrogen and oxygen atoms in total. The van der Waals surface area contributed by atoms with Gasteiger partial charge in [-0.3, -0.25) is 4.79 Å². The number of anilines is 1. The number of amides is 1. The predicted octanol–water partition coefficient (Wildman–Crippen LogP) is 5.00. The van der Waals surface area contributed by atoms with Gasteiger partial charge in [-0.25, -0.2) is 4.79 Å². The van der Waals surface area contributed by atoms with Crippen molar-refractivity contribution in [1.82, 2.24) is 5.32 Å². The van der Waals surface area contributed by atoms with Crippen LogP contribution < -0.4 is 20.5 Å². The van der Waals surface area contributed by atoms with Gasteiger partial charge in [0.1, 0.15) is 17.0 Å². The highest BCUT2D eigenvalue weighted by molar-refractivity contribution is 6.40. The van der Waals surface area contributed by atoms with Gasteiger partial charge in [0, 0.05) is 11.6 Å². The summed E-state index contributed by atoms with van der Waals surface area (Å²) >= 11 is 12.3. The van der Waals surface area contributed by atoms with Gasteiger partial charge >= 0.3 is 5.97 Å². The number of carboxylic acids is 1. The van der Waals surface area contributed by atoms with E-state index in [2.05, 4.69) is 5.32 Å². The second kappa shape index (κ2) is 9.08. The summed E-state index contributed by atoms with van der Waals surface area (Å²) in [6, 6.07) is 15.7. The molecular weight excluding hydrogens is 479 g/mol.